The fourth-order valence-corrected chi connectivity index (χ4v) is 5.36. The molecule has 0 heterocycles. The largest absolute Gasteiger partial charge is 0.382 e. The van der Waals surface area contributed by atoms with Gasteiger partial charge in [-0.1, -0.05) is 37.9 Å². The van der Waals surface area contributed by atoms with Crippen LogP contribution in [0.3, 0.4) is 0 Å². The van der Waals surface area contributed by atoms with E-state index in [1.165, 1.54) is 19.9 Å². The average Bonchev–Trinajstić information content (AvgIpc) is 2.32. The van der Waals surface area contributed by atoms with Gasteiger partial charge in [0.05, 0.1) is 5.92 Å². The monoisotopic (exact) mass is 404 g/mol. The molecule has 0 saturated heterocycles. The number of hydrogen-bond donors (Lipinski definition) is 2. The van der Waals surface area contributed by atoms with E-state index in [-0.39, 0.29) is 11.7 Å². The number of fused-ring (bicyclic) bond motifs is 1. The molecule has 0 aromatic carbocycles. The Balaban J connectivity index is 2.25. The third kappa shape index (κ3) is 1.59. The van der Waals surface area contributed by atoms with E-state index < -0.39 is 34.7 Å². The van der Waals surface area contributed by atoms with Crippen LogP contribution in [-0.4, -0.2) is 33.0 Å². The molecule has 0 amide bonds. The number of carbonyl (C=O) groups excluding carboxylic acids is 2. The first-order chi connectivity index (χ1) is 9.10. The lowest BCUT2D eigenvalue weighted by atomic mass is 9.50. The molecule has 0 radical (unpaired) electrons. The van der Waals surface area contributed by atoms with Crippen LogP contribution in [0.4, 0.5) is 0 Å². The maximum atomic E-state index is 12.5. The summed E-state index contributed by atoms with van der Waals surface area (Å²) in [4.78, 5) is 24.6. The Bertz CT molecular complexity index is 588. The van der Waals surface area contributed by atoms with Gasteiger partial charge in [-0.15, -0.1) is 0 Å². The van der Waals surface area contributed by atoms with Crippen LogP contribution in [0.1, 0.15) is 13.8 Å². The lowest BCUT2D eigenvalue weighted by Crippen LogP contribution is -2.67. The summed E-state index contributed by atoms with van der Waals surface area (Å²) in [5.41, 5.74) is -3.14. The summed E-state index contributed by atoms with van der Waals surface area (Å²) in [5, 5.41) is 21.1. The van der Waals surface area contributed by atoms with Gasteiger partial charge in [-0.2, -0.15) is 0 Å². The standard InChI is InChI=1S/C14H14Br2O4/c1-13(19)5-3-6(15)10(12(13)18)9-7(16)4-8(17)14(2,20)11(5)9/h3-5,9-11,19-20H,1-2H3/t5?,9?,10?,11?,13?,14-/m1/s1. The van der Waals surface area contributed by atoms with E-state index in [1.54, 1.807) is 6.08 Å². The van der Waals surface area contributed by atoms with E-state index in [0.29, 0.717) is 4.48 Å². The number of halogens is 2. The van der Waals surface area contributed by atoms with Crippen molar-refractivity contribution >= 4 is 43.4 Å². The highest BCUT2D eigenvalue weighted by atomic mass is 79.9. The van der Waals surface area contributed by atoms with Gasteiger partial charge in [0.1, 0.15) is 11.2 Å². The molecule has 20 heavy (non-hydrogen) atoms. The number of rotatable bonds is 0. The van der Waals surface area contributed by atoms with Gasteiger partial charge < -0.3 is 10.2 Å². The predicted molar refractivity (Wildman–Crippen MR) is 79.2 cm³/mol. The Labute approximate surface area is 133 Å². The van der Waals surface area contributed by atoms with Crippen molar-refractivity contribution in [3.05, 3.63) is 21.1 Å². The van der Waals surface area contributed by atoms with E-state index in [9.17, 15) is 19.8 Å². The lowest BCUT2D eigenvalue weighted by Gasteiger charge is -2.57. The maximum absolute atomic E-state index is 12.5. The first kappa shape index (κ1) is 14.6. The zero-order valence-electron chi connectivity index (χ0n) is 10.9. The molecule has 6 heteroatoms. The van der Waals surface area contributed by atoms with Gasteiger partial charge >= 0.3 is 0 Å². The predicted octanol–water partition coefficient (Wildman–Crippen LogP) is 1.69. The summed E-state index contributed by atoms with van der Waals surface area (Å²) in [6.45, 7) is 2.93. The second-order valence-electron chi connectivity index (χ2n) is 6.16. The van der Waals surface area contributed by atoms with Crippen molar-refractivity contribution in [1.82, 2.24) is 0 Å². The van der Waals surface area contributed by atoms with Gasteiger partial charge in [-0.3, -0.25) is 9.59 Å². The van der Waals surface area contributed by atoms with Crippen LogP contribution in [0.25, 0.3) is 0 Å². The first-order valence-corrected chi connectivity index (χ1v) is 7.96. The summed E-state index contributed by atoms with van der Waals surface area (Å²) >= 11 is 6.76. The van der Waals surface area contributed by atoms with Gasteiger partial charge in [0.15, 0.2) is 11.6 Å². The van der Waals surface area contributed by atoms with Crippen LogP contribution in [0.5, 0.6) is 0 Å². The summed E-state index contributed by atoms with van der Waals surface area (Å²) in [6.07, 6.45) is 3.12. The number of Topliss-reactive ketones (excluding diaryl/α,β-unsaturated/α-hetero) is 1. The van der Waals surface area contributed by atoms with Gasteiger partial charge in [0, 0.05) is 26.7 Å². The van der Waals surface area contributed by atoms with E-state index >= 15 is 0 Å². The number of ketones is 2. The summed E-state index contributed by atoms with van der Waals surface area (Å²) in [6, 6.07) is 0. The van der Waals surface area contributed by atoms with Crippen LogP contribution >= 0.6 is 31.9 Å². The molecule has 1 fully saturated rings. The van der Waals surface area contributed by atoms with Crippen LogP contribution < -0.4 is 0 Å². The highest BCUT2D eigenvalue weighted by Gasteiger charge is 2.66. The molecule has 1 saturated carbocycles. The SMILES string of the molecule is CC1(O)C(=O)C2C(Br)=CC1C1C2C(Br)=CC(=O)[C@@]1(C)O. The Morgan fingerprint density at radius 1 is 1.10 bits per heavy atom. The quantitative estimate of drug-likeness (QED) is 0.643. The van der Waals surface area contributed by atoms with Crippen molar-refractivity contribution in [2.75, 3.05) is 0 Å². The molecular formula is C14H14Br2O4. The Morgan fingerprint density at radius 2 is 1.70 bits per heavy atom. The van der Waals surface area contributed by atoms with Crippen molar-refractivity contribution in [3.63, 3.8) is 0 Å². The molecule has 108 valence electrons. The van der Waals surface area contributed by atoms with E-state index in [0.717, 1.165) is 4.48 Å². The Hall–Kier alpha value is -0.300. The van der Waals surface area contributed by atoms with Crippen molar-refractivity contribution in [1.29, 1.82) is 0 Å². The number of hydrogen-bond acceptors (Lipinski definition) is 4. The minimum absolute atomic E-state index is 0.270. The van der Waals surface area contributed by atoms with Gasteiger partial charge in [0.25, 0.3) is 0 Å². The number of carbonyl (C=O) groups is 2. The average molecular weight is 406 g/mol. The minimum atomic E-state index is -1.58. The molecule has 0 spiro atoms. The van der Waals surface area contributed by atoms with Crippen molar-refractivity contribution < 1.29 is 19.8 Å². The second kappa shape index (κ2) is 4.12. The fourth-order valence-electron chi connectivity index (χ4n) is 3.82. The van der Waals surface area contributed by atoms with Crippen LogP contribution in [-0.2, 0) is 9.59 Å². The molecule has 0 aromatic heterocycles. The third-order valence-electron chi connectivity index (χ3n) is 4.93. The molecule has 0 aromatic rings. The number of allylic oxidation sites excluding steroid dienone is 2. The minimum Gasteiger partial charge on any atom is -0.382 e. The lowest BCUT2D eigenvalue weighted by molar-refractivity contribution is -0.175. The highest BCUT2D eigenvalue weighted by molar-refractivity contribution is 9.12. The smallest absolute Gasteiger partial charge is 0.188 e. The highest BCUT2D eigenvalue weighted by Crippen LogP contribution is 2.59. The van der Waals surface area contributed by atoms with E-state index in [1.807, 2.05) is 0 Å². The molecule has 4 aliphatic carbocycles. The Kier molecular flexibility index (Phi) is 3.02. The summed E-state index contributed by atoms with van der Waals surface area (Å²) in [5.74, 6) is -2.67. The molecule has 4 rings (SSSR count). The molecule has 4 aliphatic rings. The van der Waals surface area contributed by atoms with Crippen molar-refractivity contribution in [2.24, 2.45) is 23.7 Å². The van der Waals surface area contributed by atoms with Crippen LogP contribution in [0.15, 0.2) is 21.1 Å². The molecular weight excluding hydrogens is 392 g/mol. The molecule has 6 atom stereocenters. The molecule has 2 N–H and O–H groups in total. The zero-order chi connectivity index (χ0) is 15.0. The normalized spacial score (nSPS) is 50.7. The third-order valence-corrected chi connectivity index (χ3v) is 6.45. The fraction of sp³-hybridized carbons (Fsp3) is 0.571. The first-order valence-electron chi connectivity index (χ1n) is 6.38. The van der Waals surface area contributed by atoms with Gasteiger partial charge in [-0.25, -0.2) is 0 Å². The van der Waals surface area contributed by atoms with Crippen LogP contribution in [0.2, 0.25) is 0 Å². The van der Waals surface area contributed by atoms with E-state index in [2.05, 4.69) is 31.9 Å². The topological polar surface area (TPSA) is 74.6 Å². The molecule has 5 unspecified atom stereocenters. The summed E-state index contributed by atoms with van der Waals surface area (Å²) in [7, 11) is 0. The van der Waals surface area contributed by atoms with Crippen LogP contribution in [0, 0.1) is 23.7 Å². The zero-order valence-corrected chi connectivity index (χ0v) is 14.1. The molecule has 2 bridgehead atoms. The van der Waals surface area contributed by atoms with Crippen molar-refractivity contribution in [2.45, 2.75) is 25.0 Å². The van der Waals surface area contributed by atoms with Crippen molar-refractivity contribution in [3.8, 4) is 0 Å². The molecule has 0 aliphatic heterocycles. The van der Waals surface area contributed by atoms with E-state index in [4.69, 9.17) is 0 Å². The van der Waals surface area contributed by atoms with Gasteiger partial charge in [-0.05, 0) is 19.9 Å². The summed E-state index contributed by atoms with van der Waals surface area (Å²) < 4.78 is 1.33. The second-order valence-corrected chi connectivity index (χ2v) is 7.99. The molecule has 4 nitrogen and oxygen atoms in total. The number of aliphatic hydroxyl groups is 2. The Morgan fingerprint density at radius 3 is 2.30 bits per heavy atom. The van der Waals surface area contributed by atoms with Gasteiger partial charge in [0.2, 0.25) is 0 Å². The maximum Gasteiger partial charge on any atom is 0.188 e.